The van der Waals surface area contributed by atoms with Crippen molar-refractivity contribution in [2.45, 2.75) is 6.61 Å². The molecule has 0 N–H and O–H groups in total. The lowest BCUT2D eigenvalue weighted by molar-refractivity contribution is 0.304. The molecule has 1 aromatic carbocycles. The molecule has 0 amide bonds. The van der Waals surface area contributed by atoms with Crippen molar-refractivity contribution in [3.8, 4) is 5.75 Å². The zero-order valence-electron chi connectivity index (χ0n) is 9.15. The maximum Gasteiger partial charge on any atom is 0.155 e. The van der Waals surface area contributed by atoms with E-state index in [4.69, 9.17) is 4.74 Å². The molecule has 0 atom stereocenters. The molecule has 3 rings (SSSR count). The van der Waals surface area contributed by atoms with E-state index in [9.17, 15) is 0 Å². The molecule has 0 saturated heterocycles. The molecule has 0 bridgehead atoms. The van der Waals surface area contributed by atoms with E-state index in [2.05, 4.69) is 10.1 Å². The van der Waals surface area contributed by atoms with E-state index in [0.717, 1.165) is 17.0 Å². The van der Waals surface area contributed by atoms with Crippen LogP contribution in [0.4, 0.5) is 0 Å². The van der Waals surface area contributed by atoms with Gasteiger partial charge in [-0.2, -0.15) is 5.10 Å². The van der Waals surface area contributed by atoms with Gasteiger partial charge in [0.05, 0.1) is 6.20 Å². The molecular formula is C13H11N3O. The van der Waals surface area contributed by atoms with Crippen LogP contribution in [0.2, 0.25) is 0 Å². The van der Waals surface area contributed by atoms with Crippen LogP contribution in [0.25, 0.3) is 5.65 Å². The number of fused-ring (bicyclic) bond motifs is 1. The van der Waals surface area contributed by atoms with Gasteiger partial charge in [-0.1, -0.05) is 30.3 Å². The van der Waals surface area contributed by atoms with Gasteiger partial charge in [-0.05, 0) is 17.7 Å². The van der Waals surface area contributed by atoms with Crippen molar-refractivity contribution in [3.05, 3.63) is 60.6 Å². The van der Waals surface area contributed by atoms with Crippen molar-refractivity contribution < 1.29 is 4.74 Å². The fraction of sp³-hybridized carbons (Fsp3) is 0.0769. The van der Waals surface area contributed by atoms with E-state index < -0.39 is 0 Å². The minimum atomic E-state index is 0.557. The molecule has 0 aliphatic heterocycles. The van der Waals surface area contributed by atoms with Crippen LogP contribution >= 0.6 is 0 Å². The molecule has 0 unspecified atom stereocenters. The zero-order chi connectivity index (χ0) is 11.5. The molecule has 4 heteroatoms. The van der Waals surface area contributed by atoms with E-state index in [1.807, 2.05) is 48.7 Å². The normalized spacial score (nSPS) is 10.6. The second-order valence-corrected chi connectivity index (χ2v) is 3.70. The first kappa shape index (κ1) is 9.84. The van der Waals surface area contributed by atoms with Crippen molar-refractivity contribution in [2.75, 3.05) is 0 Å². The van der Waals surface area contributed by atoms with Crippen molar-refractivity contribution in [1.82, 2.24) is 14.6 Å². The predicted molar refractivity (Wildman–Crippen MR) is 63.8 cm³/mol. The molecule has 0 fully saturated rings. The van der Waals surface area contributed by atoms with Gasteiger partial charge in [-0.15, -0.1) is 0 Å². The summed E-state index contributed by atoms with van der Waals surface area (Å²) in [7, 11) is 0. The van der Waals surface area contributed by atoms with E-state index in [1.165, 1.54) is 6.33 Å². The summed E-state index contributed by atoms with van der Waals surface area (Å²) < 4.78 is 7.38. The molecule has 17 heavy (non-hydrogen) atoms. The number of aromatic nitrogens is 3. The van der Waals surface area contributed by atoms with Crippen LogP contribution in [0, 0.1) is 0 Å². The lowest BCUT2D eigenvalue weighted by atomic mass is 10.2. The third-order valence-corrected chi connectivity index (χ3v) is 2.50. The van der Waals surface area contributed by atoms with Crippen LogP contribution in [0.15, 0.2) is 55.0 Å². The van der Waals surface area contributed by atoms with E-state index >= 15 is 0 Å². The fourth-order valence-electron chi connectivity index (χ4n) is 1.62. The Morgan fingerprint density at radius 1 is 1.06 bits per heavy atom. The molecular weight excluding hydrogens is 214 g/mol. The smallest absolute Gasteiger partial charge is 0.155 e. The molecule has 0 aliphatic rings. The number of benzene rings is 1. The van der Waals surface area contributed by atoms with Gasteiger partial charge in [-0.25, -0.2) is 9.50 Å². The number of rotatable bonds is 3. The summed E-state index contributed by atoms with van der Waals surface area (Å²) in [6, 6.07) is 13.8. The Morgan fingerprint density at radius 2 is 1.94 bits per heavy atom. The highest BCUT2D eigenvalue weighted by atomic mass is 16.5. The lowest BCUT2D eigenvalue weighted by Crippen LogP contribution is -1.96. The van der Waals surface area contributed by atoms with E-state index in [-0.39, 0.29) is 0 Å². The highest BCUT2D eigenvalue weighted by Gasteiger charge is 1.99. The summed E-state index contributed by atoms with van der Waals surface area (Å²) >= 11 is 0. The number of ether oxygens (including phenoxy) is 1. The standard InChI is InChI=1S/C13H11N3O/c1-2-4-11(5-3-1)9-17-12-6-7-13-14-10-15-16(13)8-12/h1-8,10H,9H2. The Labute approximate surface area is 98.5 Å². The van der Waals surface area contributed by atoms with Crippen molar-refractivity contribution in [1.29, 1.82) is 0 Å². The summed E-state index contributed by atoms with van der Waals surface area (Å²) in [4.78, 5) is 4.07. The van der Waals surface area contributed by atoms with Gasteiger partial charge in [-0.3, -0.25) is 0 Å². The minimum Gasteiger partial charge on any atom is -0.487 e. The highest BCUT2D eigenvalue weighted by molar-refractivity contribution is 5.39. The van der Waals surface area contributed by atoms with Crippen LogP contribution < -0.4 is 4.74 Å². The average Bonchev–Trinajstić information content (AvgIpc) is 2.85. The molecule has 0 saturated carbocycles. The Hall–Kier alpha value is -2.36. The molecule has 3 aromatic rings. The topological polar surface area (TPSA) is 39.4 Å². The summed E-state index contributed by atoms with van der Waals surface area (Å²) in [6.45, 7) is 0.557. The molecule has 0 radical (unpaired) electrons. The maximum atomic E-state index is 5.68. The number of hydrogen-bond donors (Lipinski definition) is 0. The Kier molecular flexibility index (Phi) is 2.46. The van der Waals surface area contributed by atoms with Gasteiger partial charge in [0.2, 0.25) is 0 Å². The van der Waals surface area contributed by atoms with Crippen LogP contribution in [0.3, 0.4) is 0 Å². The zero-order valence-corrected chi connectivity index (χ0v) is 9.15. The number of pyridine rings is 1. The molecule has 84 valence electrons. The Morgan fingerprint density at radius 3 is 2.82 bits per heavy atom. The summed E-state index contributed by atoms with van der Waals surface area (Å²) in [5, 5.41) is 4.06. The summed E-state index contributed by atoms with van der Waals surface area (Å²) in [6.07, 6.45) is 3.35. The van der Waals surface area contributed by atoms with Gasteiger partial charge in [0, 0.05) is 0 Å². The lowest BCUT2D eigenvalue weighted by Gasteiger charge is -2.05. The van der Waals surface area contributed by atoms with Gasteiger partial charge in [0.1, 0.15) is 18.7 Å². The molecule has 0 spiro atoms. The number of nitrogens with zero attached hydrogens (tertiary/aromatic N) is 3. The molecule has 0 aliphatic carbocycles. The molecule has 2 aromatic heterocycles. The van der Waals surface area contributed by atoms with Gasteiger partial charge >= 0.3 is 0 Å². The fourth-order valence-corrected chi connectivity index (χ4v) is 1.62. The number of hydrogen-bond acceptors (Lipinski definition) is 3. The van der Waals surface area contributed by atoms with Crippen LogP contribution in [0.1, 0.15) is 5.56 Å². The Bertz CT molecular complexity index is 619. The van der Waals surface area contributed by atoms with Crippen LogP contribution in [-0.2, 0) is 6.61 Å². The van der Waals surface area contributed by atoms with E-state index in [0.29, 0.717) is 6.61 Å². The third-order valence-electron chi connectivity index (χ3n) is 2.50. The van der Waals surface area contributed by atoms with Gasteiger partial charge in [0.25, 0.3) is 0 Å². The van der Waals surface area contributed by atoms with E-state index in [1.54, 1.807) is 4.52 Å². The largest absolute Gasteiger partial charge is 0.487 e. The predicted octanol–water partition coefficient (Wildman–Crippen LogP) is 2.31. The van der Waals surface area contributed by atoms with Crippen molar-refractivity contribution in [3.63, 3.8) is 0 Å². The van der Waals surface area contributed by atoms with Gasteiger partial charge < -0.3 is 4.74 Å². The van der Waals surface area contributed by atoms with Gasteiger partial charge in [0.15, 0.2) is 5.65 Å². The molecule has 4 nitrogen and oxygen atoms in total. The average molecular weight is 225 g/mol. The van der Waals surface area contributed by atoms with Crippen LogP contribution in [0.5, 0.6) is 5.75 Å². The summed E-state index contributed by atoms with van der Waals surface area (Å²) in [5.41, 5.74) is 1.96. The minimum absolute atomic E-state index is 0.557. The Balaban J connectivity index is 1.76. The molecule has 2 heterocycles. The second kappa shape index (κ2) is 4.25. The first-order chi connectivity index (χ1) is 8.42. The summed E-state index contributed by atoms with van der Waals surface area (Å²) in [5.74, 6) is 0.784. The SMILES string of the molecule is c1ccc(COc2ccc3ncnn3c2)cc1. The first-order valence-electron chi connectivity index (χ1n) is 5.38. The van der Waals surface area contributed by atoms with Crippen LogP contribution in [-0.4, -0.2) is 14.6 Å². The van der Waals surface area contributed by atoms with Crippen molar-refractivity contribution >= 4 is 5.65 Å². The monoisotopic (exact) mass is 225 g/mol. The van der Waals surface area contributed by atoms with Crippen molar-refractivity contribution in [2.24, 2.45) is 0 Å². The second-order valence-electron chi connectivity index (χ2n) is 3.70. The maximum absolute atomic E-state index is 5.68. The highest BCUT2D eigenvalue weighted by Crippen LogP contribution is 2.13. The quantitative estimate of drug-likeness (QED) is 0.686. The third kappa shape index (κ3) is 2.10. The first-order valence-corrected chi connectivity index (χ1v) is 5.38.